The largest absolute Gasteiger partial charge is 0.478 e. The van der Waals surface area contributed by atoms with E-state index >= 15 is 0 Å². The smallest absolute Gasteiger partial charge is 0.335 e. The molecule has 32 heavy (non-hydrogen) atoms. The molecule has 9 heteroatoms. The van der Waals surface area contributed by atoms with Gasteiger partial charge in [0.05, 0.1) is 11.8 Å². The molecule has 0 saturated heterocycles. The monoisotopic (exact) mass is 444 g/mol. The molecule has 3 N–H and O–H groups in total. The number of carbonyl (C=O) groups excluding carboxylic acids is 2. The van der Waals surface area contributed by atoms with Crippen molar-refractivity contribution in [2.24, 2.45) is 5.92 Å². The number of aryl methyl sites for hydroxylation is 1. The Balaban J connectivity index is 2.40. The van der Waals surface area contributed by atoms with E-state index in [9.17, 15) is 19.5 Å². The number of imidazole rings is 1. The third-order valence-electron chi connectivity index (χ3n) is 5.15. The van der Waals surface area contributed by atoms with E-state index in [2.05, 4.69) is 11.9 Å². The first kappa shape index (κ1) is 25.1. The molecule has 1 aromatic carbocycles. The minimum atomic E-state index is -1.02. The molecule has 174 valence electrons. The van der Waals surface area contributed by atoms with E-state index in [0.29, 0.717) is 31.0 Å². The van der Waals surface area contributed by atoms with Crippen LogP contribution in [0.15, 0.2) is 30.5 Å². The van der Waals surface area contributed by atoms with Gasteiger partial charge >= 0.3 is 5.97 Å². The molecule has 0 aliphatic heterocycles. The van der Waals surface area contributed by atoms with Gasteiger partial charge in [-0.15, -0.1) is 0 Å². The predicted molar refractivity (Wildman–Crippen MR) is 119 cm³/mol. The first-order chi connectivity index (χ1) is 15.3. The number of rotatable bonds is 12. The van der Waals surface area contributed by atoms with Crippen LogP contribution in [0.1, 0.15) is 72.3 Å². The van der Waals surface area contributed by atoms with Gasteiger partial charge in [-0.1, -0.05) is 39.3 Å². The van der Waals surface area contributed by atoms with Crippen LogP contribution in [-0.4, -0.2) is 55.6 Å². The molecule has 2 aromatic rings. The summed E-state index contributed by atoms with van der Waals surface area (Å²) in [5, 5.41) is 18.2. The SMILES string of the molecule is CCCCc1ncc(C(=O)N(CCC(C)C)CC(=O)NO)n1Cc1cccc(C(=O)O)c1. The number of aromatic carboxylic acids is 1. The molecule has 0 unspecified atom stereocenters. The molecule has 9 nitrogen and oxygen atoms in total. The number of hydrogen-bond acceptors (Lipinski definition) is 5. The van der Waals surface area contributed by atoms with Crippen LogP contribution in [-0.2, 0) is 17.8 Å². The van der Waals surface area contributed by atoms with Crippen LogP contribution in [0.2, 0.25) is 0 Å². The van der Waals surface area contributed by atoms with Crippen molar-refractivity contribution in [2.45, 2.75) is 53.0 Å². The van der Waals surface area contributed by atoms with Gasteiger partial charge in [0.2, 0.25) is 0 Å². The van der Waals surface area contributed by atoms with E-state index in [0.717, 1.165) is 24.2 Å². The topological polar surface area (TPSA) is 125 Å². The number of carbonyl (C=O) groups is 3. The van der Waals surface area contributed by atoms with Crippen LogP contribution in [0.3, 0.4) is 0 Å². The lowest BCUT2D eigenvalue weighted by molar-refractivity contribution is -0.129. The lowest BCUT2D eigenvalue weighted by Crippen LogP contribution is -2.41. The lowest BCUT2D eigenvalue weighted by atomic mass is 10.1. The molecule has 0 spiro atoms. The van der Waals surface area contributed by atoms with Crippen molar-refractivity contribution in [1.82, 2.24) is 19.9 Å². The molecule has 0 radical (unpaired) electrons. The van der Waals surface area contributed by atoms with Gasteiger partial charge in [-0.05, 0) is 36.5 Å². The van der Waals surface area contributed by atoms with Gasteiger partial charge in [-0.25, -0.2) is 15.3 Å². The minimum absolute atomic E-state index is 0.170. The Morgan fingerprint density at radius 2 is 2.00 bits per heavy atom. The van der Waals surface area contributed by atoms with Gasteiger partial charge in [0, 0.05) is 19.5 Å². The van der Waals surface area contributed by atoms with Crippen molar-refractivity contribution >= 4 is 17.8 Å². The molecule has 1 aromatic heterocycles. The van der Waals surface area contributed by atoms with Crippen LogP contribution < -0.4 is 5.48 Å². The fourth-order valence-electron chi connectivity index (χ4n) is 3.32. The molecule has 0 bridgehead atoms. The molecular weight excluding hydrogens is 412 g/mol. The Kier molecular flexibility index (Phi) is 9.39. The van der Waals surface area contributed by atoms with Crippen molar-refractivity contribution in [3.63, 3.8) is 0 Å². The summed E-state index contributed by atoms with van der Waals surface area (Å²) in [5.41, 5.74) is 2.81. The first-order valence-electron chi connectivity index (χ1n) is 10.9. The second kappa shape index (κ2) is 12.0. The molecular formula is C23H32N4O5. The molecule has 0 aliphatic rings. The summed E-state index contributed by atoms with van der Waals surface area (Å²) in [6, 6.07) is 6.57. The lowest BCUT2D eigenvalue weighted by Gasteiger charge is -2.23. The zero-order valence-corrected chi connectivity index (χ0v) is 18.9. The number of hydrogen-bond donors (Lipinski definition) is 3. The number of aromatic nitrogens is 2. The van der Waals surface area contributed by atoms with E-state index in [1.54, 1.807) is 28.2 Å². The zero-order valence-electron chi connectivity index (χ0n) is 18.9. The Morgan fingerprint density at radius 3 is 2.62 bits per heavy atom. The second-order valence-electron chi connectivity index (χ2n) is 8.20. The van der Waals surface area contributed by atoms with Gasteiger partial charge in [-0.3, -0.25) is 14.8 Å². The summed E-state index contributed by atoms with van der Waals surface area (Å²) in [5.74, 6) is -1.00. The summed E-state index contributed by atoms with van der Waals surface area (Å²) in [6.07, 6.45) is 4.73. The second-order valence-corrected chi connectivity index (χ2v) is 8.20. The Bertz CT molecular complexity index is 938. The average Bonchev–Trinajstić information content (AvgIpc) is 3.16. The van der Waals surface area contributed by atoms with Gasteiger partial charge in [0.1, 0.15) is 18.1 Å². The van der Waals surface area contributed by atoms with E-state index in [4.69, 9.17) is 5.21 Å². The Hall–Kier alpha value is -3.20. The van der Waals surface area contributed by atoms with Gasteiger partial charge in [-0.2, -0.15) is 0 Å². The third-order valence-corrected chi connectivity index (χ3v) is 5.15. The zero-order chi connectivity index (χ0) is 23.7. The number of hydroxylamine groups is 1. The maximum atomic E-state index is 13.4. The third kappa shape index (κ3) is 6.91. The highest BCUT2D eigenvalue weighted by Gasteiger charge is 2.24. The molecule has 2 rings (SSSR count). The number of nitrogens with one attached hydrogen (secondary N) is 1. The Labute approximate surface area is 188 Å². The van der Waals surface area contributed by atoms with Crippen molar-refractivity contribution in [2.75, 3.05) is 13.1 Å². The first-order valence-corrected chi connectivity index (χ1v) is 10.9. The van der Waals surface area contributed by atoms with E-state index < -0.39 is 11.9 Å². The number of amides is 2. The highest BCUT2D eigenvalue weighted by Crippen LogP contribution is 2.17. The summed E-state index contributed by atoms with van der Waals surface area (Å²) >= 11 is 0. The van der Waals surface area contributed by atoms with Crippen LogP contribution in [0.5, 0.6) is 0 Å². The van der Waals surface area contributed by atoms with Crippen LogP contribution in [0, 0.1) is 5.92 Å². The van der Waals surface area contributed by atoms with Gasteiger partial charge in [0.25, 0.3) is 11.8 Å². The average molecular weight is 445 g/mol. The molecule has 0 saturated carbocycles. The van der Waals surface area contributed by atoms with Gasteiger partial charge in [0.15, 0.2) is 0 Å². The van der Waals surface area contributed by atoms with Crippen molar-refractivity contribution in [1.29, 1.82) is 0 Å². The van der Waals surface area contributed by atoms with Gasteiger partial charge < -0.3 is 14.6 Å². The molecule has 2 amide bonds. The highest BCUT2D eigenvalue weighted by atomic mass is 16.5. The highest BCUT2D eigenvalue weighted by molar-refractivity contribution is 5.95. The minimum Gasteiger partial charge on any atom is -0.478 e. The van der Waals surface area contributed by atoms with E-state index in [1.165, 1.54) is 17.2 Å². The normalized spacial score (nSPS) is 10.9. The standard InChI is InChI=1S/C23H32N4O5/c1-4-5-9-20-24-13-19(22(29)26(11-10-16(2)3)15-21(28)25-32)27(20)14-17-7-6-8-18(12-17)23(30)31/h6-8,12-13,16,32H,4-5,9-11,14-15H2,1-3H3,(H,25,28)(H,30,31). The number of nitrogens with zero attached hydrogens (tertiary/aromatic N) is 3. The maximum absolute atomic E-state index is 13.4. The van der Waals surface area contributed by atoms with Crippen molar-refractivity contribution < 1.29 is 24.7 Å². The molecule has 0 aliphatic carbocycles. The molecule has 1 heterocycles. The summed E-state index contributed by atoms with van der Waals surface area (Å²) in [7, 11) is 0. The number of benzene rings is 1. The van der Waals surface area contributed by atoms with Crippen molar-refractivity contribution in [3.05, 3.63) is 53.1 Å². The summed E-state index contributed by atoms with van der Waals surface area (Å²) in [4.78, 5) is 42.4. The van der Waals surface area contributed by atoms with Crippen LogP contribution in [0.25, 0.3) is 0 Å². The predicted octanol–water partition coefficient (Wildman–Crippen LogP) is 2.97. The number of carboxylic acid groups (broad SMARTS) is 1. The fraction of sp³-hybridized carbons (Fsp3) is 0.478. The summed E-state index contributed by atoms with van der Waals surface area (Å²) in [6.45, 7) is 6.48. The van der Waals surface area contributed by atoms with Crippen molar-refractivity contribution in [3.8, 4) is 0 Å². The van der Waals surface area contributed by atoms with Crippen LogP contribution >= 0.6 is 0 Å². The number of unbranched alkanes of at least 4 members (excludes halogenated alkanes) is 1. The maximum Gasteiger partial charge on any atom is 0.335 e. The molecule has 0 atom stereocenters. The van der Waals surface area contributed by atoms with Crippen LogP contribution in [0.4, 0.5) is 0 Å². The number of carboxylic acids is 1. The molecule has 0 fully saturated rings. The van der Waals surface area contributed by atoms with E-state index in [-0.39, 0.29) is 24.6 Å². The Morgan fingerprint density at radius 1 is 1.25 bits per heavy atom. The summed E-state index contributed by atoms with van der Waals surface area (Å²) < 4.78 is 1.79. The quantitative estimate of drug-likeness (QED) is 0.341. The fourth-order valence-corrected chi connectivity index (χ4v) is 3.32. The van der Waals surface area contributed by atoms with E-state index in [1.807, 2.05) is 13.8 Å².